The lowest BCUT2D eigenvalue weighted by Crippen LogP contribution is -2.08. The number of rotatable bonds is 4. The third-order valence-electron chi connectivity index (χ3n) is 3.38. The van der Waals surface area contributed by atoms with Crippen LogP contribution in [0.25, 0.3) is 0 Å². The zero-order valence-corrected chi connectivity index (χ0v) is 13.1. The van der Waals surface area contributed by atoms with E-state index in [9.17, 15) is 9.59 Å². The summed E-state index contributed by atoms with van der Waals surface area (Å²) >= 11 is 1.13. The van der Waals surface area contributed by atoms with Crippen molar-refractivity contribution in [3.05, 3.63) is 102 Å². The van der Waals surface area contributed by atoms with Gasteiger partial charge in [-0.1, -0.05) is 66.7 Å². The fraction of sp³-hybridized carbons (Fsp3) is 0. The Labute approximate surface area is 139 Å². The predicted octanol–water partition coefficient (Wildman–Crippen LogP) is 4.85. The number of carbonyl (C=O) groups is 2. The van der Waals surface area contributed by atoms with E-state index in [-0.39, 0.29) is 10.9 Å². The Hall–Kier alpha value is -2.65. The molecular weight excluding hydrogens is 304 g/mol. The van der Waals surface area contributed by atoms with E-state index < -0.39 is 0 Å². The number of hydrogen-bond acceptors (Lipinski definition) is 3. The number of hydrogen-bond donors (Lipinski definition) is 0. The van der Waals surface area contributed by atoms with Gasteiger partial charge in [-0.3, -0.25) is 9.59 Å². The van der Waals surface area contributed by atoms with Crippen LogP contribution in [0.2, 0.25) is 0 Å². The van der Waals surface area contributed by atoms with Crippen molar-refractivity contribution in [1.29, 1.82) is 0 Å². The molecule has 0 heterocycles. The smallest absolute Gasteiger partial charge is 0.224 e. The van der Waals surface area contributed by atoms with Crippen LogP contribution in [0.5, 0.6) is 0 Å². The molecule has 3 aromatic carbocycles. The van der Waals surface area contributed by atoms with Gasteiger partial charge < -0.3 is 0 Å². The van der Waals surface area contributed by atoms with E-state index in [1.54, 1.807) is 36.4 Å². The quantitative estimate of drug-likeness (QED) is 0.509. The Kier molecular flexibility index (Phi) is 4.69. The van der Waals surface area contributed by atoms with Gasteiger partial charge in [-0.2, -0.15) is 0 Å². The minimum Gasteiger partial charge on any atom is -0.289 e. The van der Waals surface area contributed by atoms with E-state index in [0.717, 1.165) is 16.7 Å². The second kappa shape index (κ2) is 7.07. The molecule has 0 amide bonds. The van der Waals surface area contributed by atoms with Crippen LogP contribution < -0.4 is 0 Å². The summed E-state index contributed by atoms with van der Waals surface area (Å²) in [6, 6.07) is 25.4. The molecule has 23 heavy (non-hydrogen) atoms. The van der Waals surface area contributed by atoms with Gasteiger partial charge >= 0.3 is 0 Å². The van der Waals surface area contributed by atoms with Crippen LogP contribution in [-0.2, 0) is 0 Å². The summed E-state index contributed by atoms with van der Waals surface area (Å²) in [4.78, 5) is 26.1. The van der Waals surface area contributed by atoms with Crippen LogP contribution in [0.1, 0.15) is 26.3 Å². The van der Waals surface area contributed by atoms with Crippen molar-refractivity contribution in [3.8, 4) is 0 Å². The van der Waals surface area contributed by atoms with Crippen LogP contribution in [0, 0.1) is 0 Å². The van der Waals surface area contributed by atoms with Gasteiger partial charge in [-0.15, -0.1) is 0 Å². The van der Waals surface area contributed by atoms with Gasteiger partial charge in [0.25, 0.3) is 0 Å². The first-order valence-electron chi connectivity index (χ1n) is 7.22. The van der Waals surface area contributed by atoms with Gasteiger partial charge in [0.2, 0.25) is 5.12 Å². The second-order valence-corrected chi connectivity index (χ2v) is 5.99. The zero-order chi connectivity index (χ0) is 16.1. The summed E-state index contributed by atoms with van der Waals surface area (Å²) in [5, 5.41) is -0.129. The number of benzene rings is 3. The molecule has 112 valence electrons. The first-order chi connectivity index (χ1) is 11.3. The van der Waals surface area contributed by atoms with E-state index in [2.05, 4.69) is 0 Å². The molecule has 0 saturated carbocycles. The van der Waals surface area contributed by atoms with Crippen LogP contribution in [-0.4, -0.2) is 10.9 Å². The Bertz CT molecular complexity index is 827. The SMILES string of the molecule is O=C(Sc1ccccc1)c1ccccc1C(=O)c1ccccc1. The van der Waals surface area contributed by atoms with Gasteiger partial charge in [-0.05, 0) is 30.0 Å². The molecular formula is C20H14O2S. The average molecular weight is 318 g/mol. The largest absolute Gasteiger partial charge is 0.289 e. The topological polar surface area (TPSA) is 34.1 Å². The monoisotopic (exact) mass is 318 g/mol. The van der Waals surface area contributed by atoms with Gasteiger partial charge in [0.1, 0.15) is 0 Å². The standard InChI is InChI=1S/C20H14O2S/c21-19(15-9-3-1-4-10-15)17-13-7-8-14-18(17)20(22)23-16-11-5-2-6-12-16/h1-14H. The predicted molar refractivity (Wildman–Crippen MR) is 92.9 cm³/mol. The number of carbonyl (C=O) groups excluding carboxylic acids is 2. The summed E-state index contributed by atoms with van der Waals surface area (Å²) in [5.74, 6) is -0.136. The first-order valence-corrected chi connectivity index (χ1v) is 8.03. The molecule has 0 N–H and O–H groups in total. The second-order valence-electron chi connectivity index (χ2n) is 4.94. The third-order valence-corrected chi connectivity index (χ3v) is 4.29. The summed E-state index contributed by atoms with van der Waals surface area (Å²) in [5.41, 5.74) is 1.46. The van der Waals surface area contributed by atoms with E-state index in [1.807, 2.05) is 48.5 Å². The molecule has 3 rings (SSSR count). The Morgan fingerprint density at radius 1 is 0.609 bits per heavy atom. The van der Waals surface area contributed by atoms with Crippen molar-refractivity contribution < 1.29 is 9.59 Å². The summed E-state index contributed by atoms with van der Waals surface area (Å²) in [7, 11) is 0. The maximum atomic E-state index is 12.7. The first kappa shape index (κ1) is 15.3. The summed E-state index contributed by atoms with van der Waals surface area (Å²) in [6.07, 6.45) is 0. The lowest BCUT2D eigenvalue weighted by Gasteiger charge is -2.07. The lowest BCUT2D eigenvalue weighted by molar-refractivity contribution is 0.102. The van der Waals surface area contributed by atoms with Crippen molar-refractivity contribution in [2.75, 3.05) is 0 Å². The normalized spacial score (nSPS) is 10.3. The van der Waals surface area contributed by atoms with Gasteiger partial charge in [0, 0.05) is 21.6 Å². The highest BCUT2D eigenvalue weighted by Gasteiger charge is 2.18. The Balaban J connectivity index is 1.92. The zero-order valence-electron chi connectivity index (χ0n) is 12.3. The highest BCUT2D eigenvalue weighted by Crippen LogP contribution is 2.25. The molecule has 0 aliphatic rings. The van der Waals surface area contributed by atoms with E-state index in [4.69, 9.17) is 0 Å². The van der Waals surface area contributed by atoms with Gasteiger partial charge in [0.15, 0.2) is 5.78 Å². The van der Waals surface area contributed by atoms with Crippen molar-refractivity contribution in [2.45, 2.75) is 4.90 Å². The Morgan fingerprint density at radius 3 is 1.78 bits per heavy atom. The minimum absolute atomic E-state index is 0.129. The molecule has 0 atom stereocenters. The molecule has 3 heteroatoms. The molecule has 3 aromatic rings. The summed E-state index contributed by atoms with van der Waals surface area (Å²) < 4.78 is 0. The Morgan fingerprint density at radius 2 is 1.13 bits per heavy atom. The molecule has 0 saturated heterocycles. The van der Waals surface area contributed by atoms with Crippen molar-refractivity contribution in [2.24, 2.45) is 0 Å². The van der Waals surface area contributed by atoms with Crippen LogP contribution in [0.15, 0.2) is 89.8 Å². The molecule has 0 aliphatic heterocycles. The molecule has 0 bridgehead atoms. The van der Waals surface area contributed by atoms with Crippen LogP contribution in [0.4, 0.5) is 0 Å². The molecule has 2 nitrogen and oxygen atoms in total. The molecule has 0 radical (unpaired) electrons. The average Bonchev–Trinajstić information content (AvgIpc) is 2.62. The van der Waals surface area contributed by atoms with E-state index in [1.165, 1.54) is 0 Å². The van der Waals surface area contributed by atoms with E-state index >= 15 is 0 Å². The van der Waals surface area contributed by atoms with Gasteiger partial charge in [0.05, 0.1) is 0 Å². The van der Waals surface area contributed by atoms with Crippen molar-refractivity contribution >= 4 is 22.7 Å². The molecule has 0 unspecified atom stereocenters. The van der Waals surface area contributed by atoms with Crippen LogP contribution >= 0.6 is 11.8 Å². The molecule has 0 aromatic heterocycles. The van der Waals surface area contributed by atoms with E-state index in [0.29, 0.717) is 16.7 Å². The molecule has 0 aliphatic carbocycles. The molecule has 0 spiro atoms. The van der Waals surface area contributed by atoms with Crippen LogP contribution in [0.3, 0.4) is 0 Å². The molecule has 0 fully saturated rings. The summed E-state index contributed by atoms with van der Waals surface area (Å²) in [6.45, 7) is 0. The minimum atomic E-state index is -0.136. The third kappa shape index (κ3) is 3.58. The lowest BCUT2D eigenvalue weighted by atomic mass is 9.99. The fourth-order valence-corrected chi connectivity index (χ4v) is 3.05. The van der Waals surface area contributed by atoms with Crippen molar-refractivity contribution in [1.82, 2.24) is 0 Å². The highest BCUT2D eigenvalue weighted by molar-refractivity contribution is 8.14. The maximum Gasteiger partial charge on any atom is 0.224 e. The number of thioether (sulfide) groups is 1. The maximum absolute atomic E-state index is 12.7. The fourth-order valence-electron chi connectivity index (χ4n) is 2.25. The van der Waals surface area contributed by atoms with Crippen molar-refractivity contribution in [3.63, 3.8) is 0 Å². The number of ketones is 1. The highest BCUT2D eigenvalue weighted by atomic mass is 32.2. The van der Waals surface area contributed by atoms with Gasteiger partial charge in [-0.25, -0.2) is 0 Å².